The number of aromatic nitrogens is 5. The van der Waals surface area contributed by atoms with Crippen LogP contribution in [0.4, 0.5) is 0 Å². The van der Waals surface area contributed by atoms with Gasteiger partial charge in [-0.05, 0) is 19.3 Å². The average molecular weight is 579 g/mol. The van der Waals surface area contributed by atoms with Crippen molar-refractivity contribution in [2.75, 3.05) is 26.2 Å². The predicted octanol–water partition coefficient (Wildman–Crippen LogP) is 4.31. The number of carbonyl (C=O) groups is 2. The first-order chi connectivity index (χ1) is 19.5. The van der Waals surface area contributed by atoms with E-state index >= 15 is 0 Å². The van der Waals surface area contributed by atoms with Crippen molar-refractivity contribution in [3.05, 3.63) is 58.0 Å². The Labute approximate surface area is 239 Å². The highest BCUT2D eigenvalue weighted by molar-refractivity contribution is 6.45. The molecule has 13 heteroatoms. The number of halogens is 2. The normalized spacial score (nSPS) is 15.1. The Bertz CT molecular complexity index is 1650. The maximum atomic E-state index is 13.9. The molecule has 2 aliphatic heterocycles. The molecule has 1 saturated heterocycles. The highest BCUT2D eigenvalue weighted by atomic mass is 35.5. The molecule has 6 rings (SSSR count). The van der Waals surface area contributed by atoms with Crippen molar-refractivity contribution in [1.82, 2.24) is 34.5 Å². The second kappa shape index (κ2) is 10.8. The maximum absolute atomic E-state index is 13.9. The standard InChI is InChI=1S/C27H24Cl2N8O3/c28-17-12-19(40-11-4-30)21-20(16-13-33-34-14-16)18-15-36(9-10-37(18)25(21)22(17)29)27(39)24-23(31-5-6-32-24)26(38)35-7-2-1-3-8-35/h5-6,12-14H,1-3,7-11,15H2,(H,33,34). The fourth-order valence-electron chi connectivity index (χ4n) is 5.53. The van der Waals surface area contributed by atoms with Gasteiger partial charge in [-0.25, -0.2) is 9.97 Å². The van der Waals surface area contributed by atoms with E-state index in [1.54, 1.807) is 28.3 Å². The van der Waals surface area contributed by atoms with E-state index in [1.807, 2.05) is 10.6 Å². The number of hydrogen-bond donors (Lipinski definition) is 1. The number of likely N-dealkylation sites (tertiary alicyclic amines) is 1. The van der Waals surface area contributed by atoms with Crippen molar-refractivity contribution >= 4 is 45.9 Å². The average Bonchev–Trinajstić information content (AvgIpc) is 3.64. The molecule has 1 aromatic carbocycles. The number of nitrogens with zero attached hydrogens (tertiary/aromatic N) is 7. The summed E-state index contributed by atoms with van der Waals surface area (Å²) in [6.45, 7) is 2.05. The number of benzene rings is 1. The molecule has 3 aromatic heterocycles. The van der Waals surface area contributed by atoms with E-state index in [2.05, 4.69) is 20.2 Å². The molecule has 0 atom stereocenters. The molecule has 1 N–H and O–H groups in total. The molecule has 0 saturated carbocycles. The van der Waals surface area contributed by atoms with Gasteiger partial charge in [0.25, 0.3) is 11.8 Å². The number of piperidine rings is 1. The molecule has 204 valence electrons. The lowest BCUT2D eigenvalue weighted by molar-refractivity contribution is 0.0669. The first-order valence-corrected chi connectivity index (χ1v) is 13.7. The summed E-state index contributed by atoms with van der Waals surface area (Å²) in [5, 5.41) is 17.4. The van der Waals surface area contributed by atoms with E-state index in [0.717, 1.165) is 36.1 Å². The Kier molecular flexibility index (Phi) is 7.04. The molecule has 2 aliphatic rings. The molecule has 0 radical (unpaired) electrons. The smallest absolute Gasteiger partial charge is 0.275 e. The van der Waals surface area contributed by atoms with Gasteiger partial charge >= 0.3 is 0 Å². The third-order valence-electron chi connectivity index (χ3n) is 7.34. The molecule has 2 amide bonds. The minimum Gasteiger partial charge on any atom is -0.478 e. The van der Waals surface area contributed by atoms with Gasteiger partial charge in [-0.1, -0.05) is 23.2 Å². The lowest BCUT2D eigenvalue weighted by Gasteiger charge is -2.30. The molecule has 11 nitrogen and oxygen atoms in total. The highest BCUT2D eigenvalue weighted by Gasteiger charge is 2.34. The number of carbonyl (C=O) groups excluding carboxylic acids is 2. The molecule has 0 unspecified atom stereocenters. The van der Waals surface area contributed by atoms with Crippen LogP contribution in [0.1, 0.15) is 45.9 Å². The first-order valence-electron chi connectivity index (χ1n) is 12.9. The quantitative estimate of drug-likeness (QED) is 0.373. The van der Waals surface area contributed by atoms with E-state index in [1.165, 1.54) is 12.4 Å². The summed E-state index contributed by atoms with van der Waals surface area (Å²) in [4.78, 5) is 39.1. The molecular weight excluding hydrogens is 555 g/mol. The number of nitrogens with one attached hydrogen (secondary N) is 1. The first kappa shape index (κ1) is 26.1. The Balaban J connectivity index is 1.43. The summed E-state index contributed by atoms with van der Waals surface area (Å²) in [7, 11) is 0. The number of hydrogen-bond acceptors (Lipinski definition) is 7. The lowest BCUT2D eigenvalue weighted by atomic mass is 10.0. The molecule has 40 heavy (non-hydrogen) atoms. The zero-order chi connectivity index (χ0) is 27.8. The third kappa shape index (κ3) is 4.43. The van der Waals surface area contributed by atoms with Crippen LogP contribution in [-0.4, -0.2) is 72.6 Å². The van der Waals surface area contributed by atoms with E-state index in [4.69, 9.17) is 33.2 Å². The van der Waals surface area contributed by atoms with Gasteiger partial charge in [0.2, 0.25) is 0 Å². The van der Waals surface area contributed by atoms with E-state index in [-0.39, 0.29) is 36.4 Å². The van der Waals surface area contributed by atoms with Crippen molar-refractivity contribution in [2.24, 2.45) is 0 Å². The molecule has 0 bridgehead atoms. The summed E-state index contributed by atoms with van der Waals surface area (Å²) in [5.41, 5.74) is 3.06. The van der Waals surface area contributed by atoms with Crippen molar-refractivity contribution in [1.29, 1.82) is 5.26 Å². The van der Waals surface area contributed by atoms with E-state index < -0.39 is 0 Å². The number of ether oxygens (including phenoxy) is 1. The molecule has 1 fully saturated rings. The second-order valence-corrected chi connectivity index (χ2v) is 10.4. The van der Waals surface area contributed by atoms with Gasteiger partial charge in [-0.2, -0.15) is 10.4 Å². The van der Waals surface area contributed by atoms with Crippen LogP contribution in [0.25, 0.3) is 22.0 Å². The van der Waals surface area contributed by atoms with Gasteiger partial charge < -0.3 is 19.1 Å². The second-order valence-electron chi connectivity index (χ2n) is 9.63. The van der Waals surface area contributed by atoms with Crippen LogP contribution in [0.5, 0.6) is 5.75 Å². The number of fused-ring (bicyclic) bond motifs is 3. The van der Waals surface area contributed by atoms with Gasteiger partial charge in [-0.3, -0.25) is 14.7 Å². The van der Waals surface area contributed by atoms with Crippen molar-refractivity contribution in [2.45, 2.75) is 32.4 Å². The van der Waals surface area contributed by atoms with Crippen LogP contribution >= 0.6 is 23.2 Å². The minimum atomic E-state index is -0.381. The van der Waals surface area contributed by atoms with Crippen molar-refractivity contribution in [3.63, 3.8) is 0 Å². The topological polar surface area (TPSA) is 133 Å². The zero-order valence-corrected chi connectivity index (χ0v) is 22.9. The fourth-order valence-corrected chi connectivity index (χ4v) is 5.97. The van der Waals surface area contributed by atoms with Crippen molar-refractivity contribution < 1.29 is 14.3 Å². The van der Waals surface area contributed by atoms with Gasteiger partial charge in [0.05, 0.1) is 33.7 Å². The zero-order valence-electron chi connectivity index (χ0n) is 21.4. The van der Waals surface area contributed by atoms with Crippen LogP contribution in [0.2, 0.25) is 10.0 Å². The van der Waals surface area contributed by atoms with Gasteiger partial charge in [-0.15, -0.1) is 0 Å². The molecule has 0 aliphatic carbocycles. The molecule has 5 heterocycles. The van der Waals surface area contributed by atoms with E-state index in [9.17, 15) is 9.59 Å². The lowest BCUT2D eigenvalue weighted by Crippen LogP contribution is -2.41. The Morgan fingerprint density at radius 3 is 2.42 bits per heavy atom. The SMILES string of the molecule is N#CCOc1cc(Cl)c(Cl)c2c1c(-c1cn[nH]c1)c1n2CCN(C(=O)c2nccnc2C(=O)N2CCCCC2)C1. The minimum absolute atomic E-state index is 0.0339. The van der Waals surface area contributed by atoms with Gasteiger partial charge in [0.1, 0.15) is 11.8 Å². The predicted molar refractivity (Wildman–Crippen MR) is 147 cm³/mol. The number of amides is 2. The molecule has 0 spiro atoms. The fraction of sp³-hybridized carbons (Fsp3) is 0.333. The monoisotopic (exact) mass is 578 g/mol. The summed E-state index contributed by atoms with van der Waals surface area (Å²) in [5.74, 6) is -0.250. The molecule has 4 aromatic rings. The highest BCUT2D eigenvalue weighted by Crippen LogP contribution is 2.47. The largest absolute Gasteiger partial charge is 0.478 e. The van der Waals surface area contributed by atoms with Crippen LogP contribution in [0.3, 0.4) is 0 Å². The third-order valence-corrected chi connectivity index (χ3v) is 8.12. The number of rotatable bonds is 5. The Hall–Kier alpha value is -4.14. The Morgan fingerprint density at radius 2 is 1.75 bits per heavy atom. The van der Waals surface area contributed by atoms with Gasteiger partial charge in [0.15, 0.2) is 18.0 Å². The van der Waals surface area contributed by atoms with Crippen LogP contribution in [0.15, 0.2) is 30.9 Å². The summed E-state index contributed by atoms with van der Waals surface area (Å²) < 4.78 is 7.79. The summed E-state index contributed by atoms with van der Waals surface area (Å²) in [6, 6.07) is 3.59. The maximum Gasteiger partial charge on any atom is 0.275 e. The summed E-state index contributed by atoms with van der Waals surface area (Å²) >= 11 is 13.2. The van der Waals surface area contributed by atoms with Crippen molar-refractivity contribution in [3.8, 4) is 22.9 Å². The van der Waals surface area contributed by atoms with Gasteiger partial charge in [0, 0.05) is 67.7 Å². The number of aromatic amines is 1. The number of H-pyrrole nitrogens is 1. The van der Waals surface area contributed by atoms with E-state index in [0.29, 0.717) is 52.9 Å². The van der Waals surface area contributed by atoms with Crippen LogP contribution < -0.4 is 4.74 Å². The Morgan fingerprint density at radius 1 is 1.02 bits per heavy atom. The summed E-state index contributed by atoms with van der Waals surface area (Å²) in [6.07, 6.45) is 9.21. The van der Waals surface area contributed by atoms with Crippen LogP contribution in [-0.2, 0) is 13.1 Å². The number of nitriles is 1. The van der Waals surface area contributed by atoms with Crippen LogP contribution in [0, 0.1) is 11.3 Å². The molecular formula is C27H24Cl2N8O3.